The normalized spacial score (nSPS) is 17.1. The number of carbonyl (C=O) groups excluding carboxylic acids is 2. The minimum atomic E-state index is -0.636. The number of anilines is 1. The van der Waals surface area contributed by atoms with Gasteiger partial charge in [0.1, 0.15) is 11.7 Å². The molecule has 0 aliphatic heterocycles. The lowest BCUT2D eigenvalue weighted by Gasteiger charge is -2.28. The molecule has 3 aromatic rings. The van der Waals surface area contributed by atoms with Crippen molar-refractivity contribution in [1.82, 2.24) is 25.3 Å². The molecule has 2 fully saturated rings. The molecule has 36 heavy (non-hydrogen) atoms. The molecule has 2 atom stereocenters. The fourth-order valence-electron chi connectivity index (χ4n) is 5.28. The van der Waals surface area contributed by atoms with Crippen molar-refractivity contribution in [3.63, 3.8) is 0 Å². The zero-order valence-electron chi connectivity index (χ0n) is 21.0. The van der Waals surface area contributed by atoms with Crippen LogP contribution in [0.3, 0.4) is 0 Å². The van der Waals surface area contributed by atoms with Gasteiger partial charge in [-0.15, -0.1) is 0 Å². The molecule has 2 saturated carbocycles. The van der Waals surface area contributed by atoms with Crippen molar-refractivity contribution < 1.29 is 14.7 Å². The minimum absolute atomic E-state index is 0.121. The van der Waals surface area contributed by atoms with Crippen LogP contribution >= 0.6 is 0 Å². The van der Waals surface area contributed by atoms with Crippen molar-refractivity contribution in [2.24, 2.45) is 17.8 Å². The van der Waals surface area contributed by atoms with Gasteiger partial charge in [-0.25, -0.2) is 0 Å². The number of aromatic nitrogens is 4. The first-order valence-electron chi connectivity index (χ1n) is 12.8. The van der Waals surface area contributed by atoms with Gasteiger partial charge in [-0.05, 0) is 88.0 Å². The Hall–Kier alpha value is -3.46. The standard InChI is InChI=1S/C27H34N6O3/c1-15(14-34)33-22(12-13-28-33)26(35)30-25(24(19-4-5-19)20-6-7-20)27(36)29-21-10-8-18(9-11-21)23-16(2)31-32-17(23)3/h8-13,15,19-20,24-25,34H,4-7,14H2,1-3H3,(H,29,36)(H,30,35)(H,31,32)/t15-,25-/m0/s1. The first-order valence-corrected chi connectivity index (χ1v) is 12.8. The number of nitrogens with zero attached hydrogens (tertiary/aromatic N) is 3. The van der Waals surface area contributed by atoms with Crippen LogP contribution in [0.1, 0.15) is 60.5 Å². The van der Waals surface area contributed by atoms with Crippen LogP contribution in [-0.4, -0.2) is 49.5 Å². The van der Waals surface area contributed by atoms with Crippen molar-refractivity contribution in [1.29, 1.82) is 0 Å². The number of hydrogen-bond acceptors (Lipinski definition) is 5. The summed E-state index contributed by atoms with van der Waals surface area (Å²) in [5.41, 5.74) is 5.05. The summed E-state index contributed by atoms with van der Waals surface area (Å²) in [5, 5.41) is 27.1. The summed E-state index contributed by atoms with van der Waals surface area (Å²) in [6.45, 7) is 5.61. The van der Waals surface area contributed by atoms with Crippen LogP contribution in [0.4, 0.5) is 5.69 Å². The van der Waals surface area contributed by atoms with E-state index in [-0.39, 0.29) is 30.4 Å². The summed E-state index contributed by atoms with van der Waals surface area (Å²) >= 11 is 0. The number of amides is 2. The summed E-state index contributed by atoms with van der Waals surface area (Å²) in [7, 11) is 0. The van der Waals surface area contributed by atoms with E-state index in [4.69, 9.17) is 0 Å². The Kier molecular flexibility index (Phi) is 6.66. The average molecular weight is 491 g/mol. The molecule has 4 N–H and O–H groups in total. The zero-order valence-corrected chi connectivity index (χ0v) is 21.0. The van der Waals surface area contributed by atoms with E-state index < -0.39 is 6.04 Å². The van der Waals surface area contributed by atoms with E-state index in [1.54, 1.807) is 19.2 Å². The maximum Gasteiger partial charge on any atom is 0.270 e. The first kappa shape index (κ1) is 24.2. The molecule has 0 radical (unpaired) electrons. The Labute approximate surface area is 210 Å². The number of rotatable bonds is 10. The quantitative estimate of drug-likeness (QED) is 0.345. The molecule has 2 aromatic heterocycles. The zero-order chi connectivity index (χ0) is 25.4. The number of aliphatic hydroxyl groups excluding tert-OH is 1. The number of carbonyl (C=O) groups is 2. The summed E-state index contributed by atoms with van der Waals surface area (Å²) in [5.74, 6) is 0.502. The molecule has 9 heteroatoms. The highest BCUT2D eigenvalue weighted by atomic mass is 16.3. The van der Waals surface area contributed by atoms with Crippen LogP contribution in [0.15, 0.2) is 36.5 Å². The van der Waals surface area contributed by atoms with Crippen LogP contribution in [0.2, 0.25) is 0 Å². The molecule has 0 bridgehead atoms. The number of aliphatic hydroxyl groups is 1. The van der Waals surface area contributed by atoms with Gasteiger partial charge in [-0.2, -0.15) is 10.2 Å². The van der Waals surface area contributed by atoms with E-state index in [0.717, 1.165) is 48.2 Å². The van der Waals surface area contributed by atoms with Crippen LogP contribution in [0.5, 0.6) is 0 Å². The molecule has 2 aliphatic carbocycles. The summed E-state index contributed by atoms with van der Waals surface area (Å²) in [6, 6.07) is 8.38. The van der Waals surface area contributed by atoms with E-state index in [9.17, 15) is 14.7 Å². The minimum Gasteiger partial charge on any atom is -0.394 e. The monoisotopic (exact) mass is 490 g/mol. The van der Waals surface area contributed by atoms with Gasteiger partial charge in [0.25, 0.3) is 5.91 Å². The Morgan fingerprint density at radius 1 is 1.11 bits per heavy atom. The van der Waals surface area contributed by atoms with E-state index in [1.807, 2.05) is 38.1 Å². The lowest BCUT2D eigenvalue weighted by Crippen LogP contribution is -2.50. The Bertz CT molecular complexity index is 1210. The fraction of sp³-hybridized carbons (Fsp3) is 0.481. The molecule has 2 heterocycles. The lowest BCUT2D eigenvalue weighted by atomic mass is 9.88. The maximum absolute atomic E-state index is 13.6. The van der Waals surface area contributed by atoms with Crippen LogP contribution < -0.4 is 10.6 Å². The van der Waals surface area contributed by atoms with Gasteiger partial charge in [0.2, 0.25) is 5.91 Å². The highest BCUT2D eigenvalue weighted by molar-refractivity contribution is 6.01. The van der Waals surface area contributed by atoms with Gasteiger partial charge in [0.15, 0.2) is 0 Å². The van der Waals surface area contributed by atoms with Gasteiger partial charge < -0.3 is 15.7 Å². The molecule has 190 valence electrons. The highest BCUT2D eigenvalue weighted by Crippen LogP contribution is 2.51. The SMILES string of the molecule is Cc1n[nH]c(C)c1-c1ccc(NC(=O)[C@@H](NC(=O)c2ccnn2[C@@H](C)CO)C(C2CC2)C2CC2)cc1. The van der Waals surface area contributed by atoms with Crippen LogP contribution in [0.25, 0.3) is 11.1 Å². The molecule has 0 spiro atoms. The number of nitrogens with one attached hydrogen (secondary N) is 3. The summed E-state index contributed by atoms with van der Waals surface area (Å²) < 4.78 is 1.51. The molecular weight excluding hydrogens is 456 g/mol. The lowest BCUT2D eigenvalue weighted by molar-refractivity contribution is -0.119. The van der Waals surface area contributed by atoms with Crippen molar-refractivity contribution in [2.75, 3.05) is 11.9 Å². The second-order valence-corrected chi connectivity index (χ2v) is 10.3. The predicted molar refractivity (Wildman–Crippen MR) is 136 cm³/mol. The van der Waals surface area contributed by atoms with Crippen LogP contribution in [0, 0.1) is 31.6 Å². The van der Waals surface area contributed by atoms with Gasteiger partial charge >= 0.3 is 0 Å². The van der Waals surface area contributed by atoms with E-state index in [0.29, 0.717) is 23.2 Å². The second-order valence-electron chi connectivity index (χ2n) is 10.3. The average Bonchev–Trinajstić information content (AvgIpc) is 3.81. The molecule has 0 unspecified atom stereocenters. The fourth-order valence-corrected chi connectivity index (χ4v) is 5.28. The van der Waals surface area contributed by atoms with Crippen molar-refractivity contribution in [2.45, 2.75) is 58.5 Å². The predicted octanol–water partition coefficient (Wildman–Crippen LogP) is 3.62. The van der Waals surface area contributed by atoms with E-state index >= 15 is 0 Å². The number of hydrogen-bond donors (Lipinski definition) is 4. The highest BCUT2D eigenvalue weighted by Gasteiger charge is 2.48. The Morgan fingerprint density at radius 3 is 2.33 bits per heavy atom. The van der Waals surface area contributed by atoms with Gasteiger partial charge in [0, 0.05) is 23.1 Å². The Morgan fingerprint density at radius 2 is 1.78 bits per heavy atom. The molecule has 5 rings (SSSR count). The second kappa shape index (κ2) is 9.89. The third-order valence-electron chi connectivity index (χ3n) is 7.44. The molecule has 2 aliphatic rings. The maximum atomic E-state index is 13.6. The smallest absolute Gasteiger partial charge is 0.270 e. The molecule has 9 nitrogen and oxygen atoms in total. The van der Waals surface area contributed by atoms with Gasteiger partial charge in [-0.3, -0.25) is 19.4 Å². The topological polar surface area (TPSA) is 125 Å². The third kappa shape index (κ3) is 4.93. The summed E-state index contributed by atoms with van der Waals surface area (Å²) in [4.78, 5) is 26.9. The number of aromatic amines is 1. The van der Waals surface area contributed by atoms with Crippen molar-refractivity contribution in [3.05, 3.63) is 53.6 Å². The van der Waals surface area contributed by atoms with Crippen molar-refractivity contribution >= 4 is 17.5 Å². The third-order valence-corrected chi connectivity index (χ3v) is 7.44. The van der Waals surface area contributed by atoms with E-state index in [1.165, 1.54) is 4.68 Å². The van der Waals surface area contributed by atoms with Gasteiger partial charge in [-0.1, -0.05) is 12.1 Å². The molecule has 2 amide bonds. The Balaban J connectivity index is 1.36. The molecular formula is C27H34N6O3. The van der Waals surface area contributed by atoms with Crippen LogP contribution in [-0.2, 0) is 4.79 Å². The number of benzene rings is 1. The largest absolute Gasteiger partial charge is 0.394 e. The first-order chi connectivity index (χ1) is 17.4. The number of H-pyrrole nitrogens is 1. The number of aryl methyl sites for hydroxylation is 2. The van der Waals surface area contributed by atoms with Gasteiger partial charge in [0.05, 0.1) is 18.3 Å². The molecule has 0 saturated heterocycles. The van der Waals surface area contributed by atoms with E-state index in [2.05, 4.69) is 25.9 Å². The molecule has 1 aromatic carbocycles. The summed E-state index contributed by atoms with van der Waals surface area (Å²) in [6.07, 6.45) is 5.92. The van der Waals surface area contributed by atoms with Crippen molar-refractivity contribution in [3.8, 4) is 11.1 Å².